The lowest BCUT2D eigenvalue weighted by Gasteiger charge is -2.10. The Hall–Kier alpha value is -1.51. The summed E-state index contributed by atoms with van der Waals surface area (Å²) in [6, 6.07) is 13.2. The highest BCUT2D eigenvalue weighted by Gasteiger charge is 2.09. The van der Waals surface area contributed by atoms with Crippen molar-refractivity contribution in [2.45, 2.75) is 13.0 Å². The van der Waals surface area contributed by atoms with E-state index in [0.29, 0.717) is 10.0 Å². The van der Waals surface area contributed by atoms with E-state index in [0.717, 1.165) is 16.9 Å². The highest BCUT2D eigenvalue weighted by molar-refractivity contribution is 6.42. The van der Waals surface area contributed by atoms with E-state index in [1.54, 1.807) is 13.2 Å². The minimum atomic E-state index is -0.0525. The van der Waals surface area contributed by atoms with E-state index in [2.05, 4.69) is 4.99 Å². The highest BCUT2D eigenvalue weighted by atomic mass is 35.5. The number of nitrogens with zero attached hydrogens (tertiary/aromatic N) is 1. The van der Waals surface area contributed by atoms with Gasteiger partial charge in [-0.15, -0.1) is 0 Å². The number of benzene rings is 2. The van der Waals surface area contributed by atoms with Crippen molar-refractivity contribution in [2.75, 3.05) is 7.11 Å². The predicted octanol–water partition coefficient (Wildman–Crippen LogP) is 5.18. The van der Waals surface area contributed by atoms with Crippen LogP contribution in [-0.4, -0.2) is 13.3 Å². The smallest absolute Gasteiger partial charge is 0.118 e. The monoisotopic (exact) mass is 307 g/mol. The van der Waals surface area contributed by atoms with Crippen molar-refractivity contribution in [2.24, 2.45) is 4.99 Å². The maximum Gasteiger partial charge on any atom is 0.118 e. The van der Waals surface area contributed by atoms with Gasteiger partial charge in [-0.05, 0) is 48.4 Å². The molecule has 1 unspecified atom stereocenters. The quantitative estimate of drug-likeness (QED) is 0.713. The molecule has 0 aliphatic carbocycles. The Morgan fingerprint density at radius 3 is 2.45 bits per heavy atom. The van der Waals surface area contributed by atoms with Crippen LogP contribution in [-0.2, 0) is 0 Å². The summed E-state index contributed by atoms with van der Waals surface area (Å²) in [7, 11) is 1.65. The molecular formula is C16H15Cl2NO. The molecule has 2 aromatic carbocycles. The second-order valence-corrected chi connectivity index (χ2v) is 5.16. The van der Waals surface area contributed by atoms with Crippen molar-refractivity contribution in [1.29, 1.82) is 0 Å². The standard InChI is InChI=1S/C16H15Cl2NO/c1-11(14-4-3-5-15(17)16(14)18)19-10-12-6-8-13(20-2)9-7-12/h3-11H,1-2H3/b19-10-. The average molecular weight is 308 g/mol. The fraction of sp³-hybridized carbons (Fsp3) is 0.188. The largest absolute Gasteiger partial charge is 0.497 e. The van der Waals surface area contributed by atoms with Gasteiger partial charge in [0, 0.05) is 6.21 Å². The Kier molecular flexibility index (Phi) is 5.05. The summed E-state index contributed by atoms with van der Waals surface area (Å²) in [5.74, 6) is 0.827. The van der Waals surface area contributed by atoms with E-state index < -0.39 is 0 Å². The summed E-state index contributed by atoms with van der Waals surface area (Å²) in [4.78, 5) is 4.51. The Balaban J connectivity index is 2.15. The van der Waals surface area contributed by atoms with Crippen LogP contribution in [0.1, 0.15) is 24.1 Å². The molecule has 104 valence electrons. The van der Waals surface area contributed by atoms with Crippen LogP contribution in [0.25, 0.3) is 0 Å². The van der Waals surface area contributed by atoms with Crippen LogP contribution in [0.5, 0.6) is 5.75 Å². The molecule has 0 fully saturated rings. The van der Waals surface area contributed by atoms with Crippen molar-refractivity contribution in [3.05, 3.63) is 63.6 Å². The molecule has 4 heteroatoms. The van der Waals surface area contributed by atoms with Gasteiger partial charge in [-0.2, -0.15) is 0 Å². The number of ether oxygens (including phenoxy) is 1. The van der Waals surface area contributed by atoms with Crippen LogP contribution in [0.2, 0.25) is 10.0 Å². The van der Waals surface area contributed by atoms with E-state index in [1.165, 1.54) is 0 Å². The van der Waals surface area contributed by atoms with E-state index in [9.17, 15) is 0 Å². The van der Waals surface area contributed by atoms with Crippen molar-refractivity contribution in [3.8, 4) is 5.75 Å². The number of rotatable bonds is 4. The lowest BCUT2D eigenvalue weighted by Crippen LogP contribution is -1.93. The Morgan fingerprint density at radius 1 is 1.10 bits per heavy atom. The molecule has 0 aromatic heterocycles. The molecule has 0 saturated heterocycles. The zero-order valence-electron chi connectivity index (χ0n) is 11.3. The highest BCUT2D eigenvalue weighted by Crippen LogP contribution is 2.31. The van der Waals surface area contributed by atoms with Gasteiger partial charge < -0.3 is 4.74 Å². The summed E-state index contributed by atoms with van der Waals surface area (Å²) < 4.78 is 5.12. The molecule has 0 spiro atoms. The van der Waals surface area contributed by atoms with E-state index in [1.807, 2.05) is 49.5 Å². The third-order valence-corrected chi connectivity index (χ3v) is 3.83. The Labute approximate surface area is 129 Å². The summed E-state index contributed by atoms with van der Waals surface area (Å²) in [5.41, 5.74) is 1.93. The first-order chi connectivity index (χ1) is 9.61. The number of hydrogen-bond donors (Lipinski definition) is 0. The summed E-state index contributed by atoms with van der Waals surface area (Å²) in [5, 5.41) is 1.12. The van der Waals surface area contributed by atoms with Crippen LogP contribution in [0.4, 0.5) is 0 Å². The fourth-order valence-corrected chi connectivity index (χ4v) is 2.28. The second kappa shape index (κ2) is 6.78. The summed E-state index contributed by atoms with van der Waals surface area (Å²) in [6.07, 6.45) is 1.82. The normalized spacial score (nSPS) is 12.6. The molecule has 0 bridgehead atoms. The van der Waals surface area contributed by atoms with Gasteiger partial charge in [0.2, 0.25) is 0 Å². The molecule has 0 aliphatic heterocycles. The molecule has 0 saturated carbocycles. The van der Waals surface area contributed by atoms with Crippen LogP contribution in [0, 0.1) is 0 Å². The third kappa shape index (κ3) is 3.53. The lowest BCUT2D eigenvalue weighted by atomic mass is 10.1. The van der Waals surface area contributed by atoms with Gasteiger partial charge >= 0.3 is 0 Å². The second-order valence-electron chi connectivity index (χ2n) is 4.37. The molecule has 2 rings (SSSR count). The molecule has 0 heterocycles. The van der Waals surface area contributed by atoms with Gasteiger partial charge in [-0.25, -0.2) is 0 Å². The van der Waals surface area contributed by atoms with Crippen LogP contribution in [0.3, 0.4) is 0 Å². The zero-order chi connectivity index (χ0) is 14.5. The Bertz CT molecular complexity index is 608. The number of halogens is 2. The van der Waals surface area contributed by atoms with Crippen molar-refractivity contribution >= 4 is 29.4 Å². The van der Waals surface area contributed by atoms with Crippen LogP contribution < -0.4 is 4.74 Å². The van der Waals surface area contributed by atoms with Gasteiger partial charge in [0.1, 0.15) is 5.75 Å². The minimum absolute atomic E-state index is 0.0525. The molecule has 2 nitrogen and oxygen atoms in total. The van der Waals surface area contributed by atoms with Crippen molar-refractivity contribution < 1.29 is 4.74 Å². The number of methoxy groups -OCH3 is 1. The van der Waals surface area contributed by atoms with E-state index in [4.69, 9.17) is 27.9 Å². The topological polar surface area (TPSA) is 21.6 Å². The molecule has 20 heavy (non-hydrogen) atoms. The number of hydrogen-bond acceptors (Lipinski definition) is 2. The fourth-order valence-electron chi connectivity index (χ4n) is 1.81. The minimum Gasteiger partial charge on any atom is -0.497 e. The molecule has 0 N–H and O–H groups in total. The molecule has 0 radical (unpaired) electrons. The maximum absolute atomic E-state index is 6.19. The number of aliphatic imine (C=N–C) groups is 1. The van der Waals surface area contributed by atoms with Crippen LogP contribution >= 0.6 is 23.2 Å². The van der Waals surface area contributed by atoms with Gasteiger partial charge in [-0.3, -0.25) is 4.99 Å². The molecule has 0 aliphatic rings. The first-order valence-corrected chi connectivity index (χ1v) is 6.98. The van der Waals surface area contributed by atoms with Gasteiger partial charge in [-0.1, -0.05) is 35.3 Å². The zero-order valence-corrected chi connectivity index (χ0v) is 12.8. The van der Waals surface area contributed by atoms with Crippen molar-refractivity contribution in [3.63, 3.8) is 0 Å². The first kappa shape index (κ1) is 14.9. The molecule has 1 atom stereocenters. The van der Waals surface area contributed by atoms with Gasteiger partial charge in [0.05, 0.1) is 23.2 Å². The van der Waals surface area contributed by atoms with Gasteiger partial charge in [0.15, 0.2) is 0 Å². The summed E-state index contributed by atoms with van der Waals surface area (Å²) >= 11 is 12.2. The SMILES string of the molecule is COc1ccc(/C=N\C(C)c2cccc(Cl)c2Cl)cc1. The van der Waals surface area contributed by atoms with E-state index >= 15 is 0 Å². The lowest BCUT2D eigenvalue weighted by molar-refractivity contribution is 0.415. The Morgan fingerprint density at radius 2 is 1.80 bits per heavy atom. The third-order valence-electron chi connectivity index (χ3n) is 2.99. The predicted molar refractivity (Wildman–Crippen MR) is 85.5 cm³/mol. The molecular weight excluding hydrogens is 293 g/mol. The average Bonchev–Trinajstić information content (AvgIpc) is 2.48. The summed E-state index contributed by atoms with van der Waals surface area (Å²) in [6.45, 7) is 1.98. The van der Waals surface area contributed by atoms with Gasteiger partial charge in [0.25, 0.3) is 0 Å². The van der Waals surface area contributed by atoms with Crippen LogP contribution in [0.15, 0.2) is 47.5 Å². The van der Waals surface area contributed by atoms with Crippen molar-refractivity contribution in [1.82, 2.24) is 0 Å². The molecule has 0 amide bonds. The molecule has 2 aromatic rings. The van der Waals surface area contributed by atoms with E-state index in [-0.39, 0.29) is 6.04 Å². The first-order valence-electron chi connectivity index (χ1n) is 6.23. The maximum atomic E-state index is 6.19.